The molecule has 0 radical (unpaired) electrons. The van der Waals surface area contributed by atoms with Gasteiger partial charge in [0.15, 0.2) is 5.13 Å². The van der Waals surface area contributed by atoms with Gasteiger partial charge >= 0.3 is 0 Å². The van der Waals surface area contributed by atoms with Gasteiger partial charge in [-0.25, -0.2) is 15.0 Å². The van der Waals surface area contributed by atoms with E-state index in [0.29, 0.717) is 16.7 Å². The van der Waals surface area contributed by atoms with Crippen LogP contribution in [0.1, 0.15) is 36.1 Å². The summed E-state index contributed by atoms with van der Waals surface area (Å²) in [5.41, 5.74) is 0.674. The highest BCUT2D eigenvalue weighted by Crippen LogP contribution is 2.19. The van der Waals surface area contributed by atoms with Crippen molar-refractivity contribution in [2.45, 2.75) is 26.2 Å². The molecule has 7 nitrogen and oxygen atoms in total. The molecule has 1 aliphatic rings. The number of aromatic nitrogens is 3. The highest BCUT2D eigenvalue weighted by atomic mass is 32.1. The van der Waals surface area contributed by atoms with Gasteiger partial charge < -0.3 is 4.90 Å². The molecule has 2 amide bonds. The SMILES string of the molecule is CC1CCN(C(=O)Cc2csc(NC(=O)c3ncccn3)n2)CC1. The Hall–Kier alpha value is -2.35. The second kappa shape index (κ2) is 7.48. The lowest BCUT2D eigenvalue weighted by Crippen LogP contribution is -2.38. The van der Waals surface area contributed by atoms with Gasteiger partial charge in [0.05, 0.1) is 12.1 Å². The first-order chi connectivity index (χ1) is 11.6. The van der Waals surface area contributed by atoms with Gasteiger partial charge in [0, 0.05) is 30.9 Å². The molecule has 8 heteroatoms. The number of nitrogens with zero attached hydrogens (tertiary/aromatic N) is 4. The van der Waals surface area contributed by atoms with Crippen LogP contribution < -0.4 is 5.32 Å². The number of thiazole rings is 1. The van der Waals surface area contributed by atoms with Gasteiger partial charge in [0.1, 0.15) is 0 Å². The number of anilines is 1. The van der Waals surface area contributed by atoms with Crippen LogP contribution in [0.4, 0.5) is 5.13 Å². The third-order valence-corrected chi connectivity index (χ3v) is 4.82. The maximum Gasteiger partial charge on any atom is 0.295 e. The van der Waals surface area contributed by atoms with E-state index in [0.717, 1.165) is 25.9 Å². The summed E-state index contributed by atoms with van der Waals surface area (Å²) in [6.07, 6.45) is 5.39. The fraction of sp³-hybridized carbons (Fsp3) is 0.438. The van der Waals surface area contributed by atoms with Crippen LogP contribution >= 0.6 is 11.3 Å². The number of amides is 2. The fourth-order valence-corrected chi connectivity index (χ4v) is 3.24. The molecule has 0 saturated carbocycles. The van der Waals surface area contributed by atoms with E-state index in [1.165, 1.54) is 23.7 Å². The van der Waals surface area contributed by atoms with E-state index in [4.69, 9.17) is 0 Å². The average molecular weight is 345 g/mol. The molecular weight excluding hydrogens is 326 g/mol. The molecule has 1 fully saturated rings. The Bertz CT molecular complexity index is 710. The smallest absolute Gasteiger partial charge is 0.295 e. The molecule has 0 aliphatic carbocycles. The predicted octanol–water partition coefficient (Wildman–Crippen LogP) is 1.99. The average Bonchev–Trinajstić information content (AvgIpc) is 3.03. The largest absolute Gasteiger partial charge is 0.342 e. The topological polar surface area (TPSA) is 88.1 Å². The third-order valence-electron chi connectivity index (χ3n) is 4.01. The molecule has 2 aromatic heterocycles. The van der Waals surface area contributed by atoms with Gasteiger partial charge in [-0.15, -0.1) is 11.3 Å². The molecule has 24 heavy (non-hydrogen) atoms. The van der Waals surface area contributed by atoms with Crippen molar-refractivity contribution in [3.8, 4) is 0 Å². The van der Waals surface area contributed by atoms with E-state index in [2.05, 4.69) is 27.2 Å². The van der Waals surface area contributed by atoms with Crippen molar-refractivity contribution in [1.29, 1.82) is 0 Å². The van der Waals surface area contributed by atoms with Crippen molar-refractivity contribution in [1.82, 2.24) is 19.9 Å². The van der Waals surface area contributed by atoms with Gasteiger partial charge in [-0.3, -0.25) is 14.9 Å². The quantitative estimate of drug-likeness (QED) is 0.915. The zero-order valence-corrected chi connectivity index (χ0v) is 14.3. The summed E-state index contributed by atoms with van der Waals surface area (Å²) in [5.74, 6) is 0.465. The van der Waals surface area contributed by atoms with Crippen molar-refractivity contribution < 1.29 is 9.59 Å². The first-order valence-electron chi connectivity index (χ1n) is 7.92. The van der Waals surface area contributed by atoms with E-state index in [9.17, 15) is 9.59 Å². The van der Waals surface area contributed by atoms with Crippen LogP contribution in [-0.2, 0) is 11.2 Å². The number of likely N-dealkylation sites (tertiary alicyclic amines) is 1. The molecule has 0 aromatic carbocycles. The van der Waals surface area contributed by atoms with E-state index in [1.54, 1.807) is 11.4 Å². The maximum absolute atomic E-state index is 12.3. The minimum absolute atomic E-state index is 0.0905. The number of rotatable bonds is 4. The van der Waals surface area contributed by atoms with Gasteiger partial charge in [0.2, 0.25) is 11.7 Å². The summed E-state index contributed by atoms with van der Waals surface area (Å²) in [5, 5.41) is 4.90. The van der Waals surface area contributed by atoms with Crippen LogP contribution in [0.15, 0.2) is 23.8 Å². The normalized spacial score (nSPS) is 15.3. The maximum atomic E-state index is 12.3. The summed E-state index contributed by atoms with van der Waals surface area (Å²) >= 11 is 1.29. The Balaban J connectivity index is 1.55. The van der Waals surface area contributed by atoms with Crippen molar-refractivity contribution in [3.63, 3.8) is 0 Å². The van der Waals surface area contributed by atoms with Crippen molar-refractivity contribution in [2.75, 3.05) is 18.4 Å². The fourth-order valence-electron chi connectivity index (χ4n) is 2.54. The van der Waals surface area contributed by atoms with Crippen LogP contribution in [0.5, 0.6) is 0 Å². The molecular formula is C16H19N5O2S. The second-order valence-corrected chi connectivity index (χ2v) is 6.77. The summed E-state index contributed by atoms with van der Waals surface area (Å²) < 4.78 is 0. The van der Waals surface area contributed by atoms with Crippen LogP contribution in [0.3, 0.4) is 0 Å². The summed E-state index contributed by atoms with van der Waals surface area (Å²) in [6.45, 7) is 3.85. The molecule has 0 unspecified atom stereocenters. The number of hydrogen-bond donors (Lipinski definition) is 1. The molecule has 1 aliphatic heterocycles. The molecule has 1 saturated heterocycles. The van der Waals surface area contributed by atoms with Crippen LogP contribution in [0, 0.1) is 5.92 Å². The Labute approximate surface area is 144 Å². The van der Waals surface area contributed by atoms with Crippen molar-refractivity contribution >= 4 is 28.3 Å². The van der Waals surface area contributed by atoms with E-state index < -0.39 is 5.91 Å². The summed E-state index contributed by atoms with van der Waals surface area (Å²) in [4.78, 5) is 38.3. The Morgan fingerprint density at radius 2 is 2.00 bits per heavy atom. The van der Waals surface area contributed by atoms with E-state index in [-0.39, 0.29) is 18.2 Å². The first kappa shape index (κ1) is 16.5. The van der Waals surface area contributed by atoms with Gasteiger partial charge in [-0.2, -0.15) is 0 Å². The number of nitrogens with one attached hydrogen (secondary N) is 1. The number of carbonyl (C=O) groups excluding carboxylic acids is 2. The second-order valence-electron chi connectivity index (χ2n) is 5.91. The zero-order valence-electron chi connectivity index (χ0n) is 13.4. The van der Waals surface area contributed by atoms with Gasteiger partial charge in [-0.05, 0) is 24.8 Å². The zero-order chi connectivity index (χ0) is 16.9. The van der Waals surface area contributed by atoms with Crippen molar-refractivity contribution in [3.05, 3.63) is 35.4 Å². The molecule has 3 rings (SSSR count). The highest BCUT2D eigenvalue weighted by molar-refractivity contribution is 7.14. The Morgan fingerprint density at radius 3 is 2.71 bits per heavy atom. The summed E-state index contributed by atoms with van der Waals surface area (Å²) in [7, 11) is 0. The lowest BCUT2D eigenvalue weighted by Gasteiger charge is -2.30. The van der Waals surface area contributed by atoms with Gasteiger partial charge in [-0.1, -0.05) is 6.92 Å². The van der Waals surface area contributed by atoms with E-state index in [1.807, 2.05) is 4.90 Å². The standard InChI is InChI=1S/C16H19N5O2S/c1-11-3-7-21(8-4-11)13(22)9-12-10-24-16(19-12)20-15(23)14-17-5-2-6-18-14/h2,5-6,10-11H,3-4,7-9H2,1H3,(H,19,20,23). The Morgan fingerprint density at radius 1 is 1.29 bits per heavy atom. The minimum atomic E-state index is -0.409. The summed E-state index contributed by atoms with van der Waals surface area (Å²) in [6, 6.07) is 1.64. The highest BCUT2D eigenvalue weighted by Gasteiger charge is 2.21. The third kappa shape index (κ3) is 4.14. The number of carbonyl (C=O) groups is 2. The molecule has 126 valence electrons. The predicted molar refractivity (Wildman–Crippen MR) is 90.8 cm³/mol. The van der Waals surface area contributed by atoms with Crippen LogP contribution in [0.2, 0.25) is 0 Å². The molecule has 0 atom stereocenters. The van der Waals surface area contributed by atoms with Gasteiger partial charge in [0.25, 0.3) is 5.91 Å². The number of hydrogen-bond acceptors (Lipinski definition) is 6. The lowest BCUT2D eigenvalue weighted by molar-refractivity contribution is -0.131. The molecule has 0 spiro atoms. The van der Waals surface area contributed by atoms with Crippen LogP contribution in [0.25, 0.3) is 0 Å². The monoisotopic (exact) mass is 345 g/mol. The lowest BCUT2D eigenvalue weighted by atomic mass is 9.99. The minimum Gasteiger partial charge on any atom is -0.342 e. The molecule has 1 N–H and O–H groups in total. The molecule has 3 heterocycles. The Kier molecular flexibility index (Phi) is 5.14. The first-order valence-corrected chi connectivity index (χ1v) is 8.80. The van der Waals surface area contributed by atoms with Crippen LogP contribution in [-0.4, -0.2) is 44.8 Å². The van der Waals surface area contributed by atoms with E-state index >= 15 is 0 Å². The number of piperidine rings is 1. The van der Waals surface area contributed by atoms with Crippen molar-refractivity contribution in [2.24, 2.45) is 5.92 Å². The molecule has 2 aromatic rings. The molecule has 0 bridgehead atoms.